The lowest BCUT2D eigenvalue weighted by Crippen LogP contribution is -2.50. The molecule has 0 atom stereocenters. The normalized spacial score (nSPS) is 15.2. The maximum Gasteiger partial charge on any atom is 0.254 e. The van der Waals surface area contributed by atoms with E-state index in [0.717, 1.165) is 16.9 Å². The largest absolute Gasteiger partial charge is 0.339 e. The number of carbonyl (C=O) groups excluding carboxylic acids is 2. The molecule has 0 spiro atoms. The molecule has 2 heterocycles. The monoisotopic (exact) mass is 342 g/mol. The number of fused-ring (bicyclic) bond motifs is 1. The van der Waals surface area contributed by atoms with Gasteiger partial charge in [0.15, 0.2) is 0 Å². The number of benzene rings is 1. The van der Waals surface area contributed by atoms with E-state index in [4.69, 9.17) is 0 Å². The second kappa shape index (κ2) is 6.86. The molecule has 25 heavy (non-hydrogen) atoms. The lowest BCUT2D eigenvalue weighted by atomic mass is 10.1. The van der Waals surface area contributed by atoms with Gasteiger partial charge < -0.3 is 14.4 Å². The van der Waals surface area contributed by atoms with Crippen molar-refractivity contribution in [3.63, 3.8) is 0 Å². The first-order valence-corrected chi connectivity index (χ1v) is 8.95. The molecule has 0 radical (unpaired) electrons. The number of piperazine rings is 1. The molecule has 1 aromatic carbocycles. The van der Waals surface area contributed by atoms with Crippen molar-refractivity contribution >= 4 is 22.8 Å². The minimum absolute atomic E-state index is 0.0160. The first-order valence-electron chi connectivity index (χ1n) is 8.95. The molecular formula is C19H26N4O2. The second-order valence-corrected chi connectivity index (χ2v) is 6.91. The van der Waals surface area contributed by atoms with E-state index in [1.807, 2.05) is 42.0 Å². The van der Waals surface area contributed by atoms with E-state index in [1.165, 1.54) is 0 Å². The van der Waals surface area contributed by atoms with Gasteiger partial charge in [0, 0.05) is 51.1 Å². The maximum atomic E-state index is 12.8. The van der Waals surface area contributed by atoms with E-state index < -0.39 is 0 Å². The van der Waals surface area contributed by atoms with E-state index in [0.29, 0.717) is 44.1 Å². The predicted molar refractivity (Wildman–Crippen MR) is 97.6 cm³/mol. The van der Waals surface area contributed by atoms with E-state index in [2.05, 4.69) is 23.4 Å². The van der Waals surface area contributed by atoms with Crippen LogP contribution < -0.4 is 0 Å². The Morgan fingerprint density at radius 2 is 1.76 bits per heavy atom. The number of carbonyl (C=O) groups is 2. The number of aromatic nitrogens is 2. The molecule has 2 amide bonds. The number of hydrogen-bond acceptors (Lipinski definition) is 3. The summed E-state index contributed by atoms with van der Waals surface area (Å²) in [6.07, 6.45) is 0.516. The summed E-state index contributed by atoms with van der Waals surface area (Å²) >= 11 is 0. The zero-order valence-corrected chi connectivity index (χ0v) is 15.5. The molecule has 2 aromatic rings. The summed E-state index contributed by atoms with van der Waals surface area (Å²) in [5, 5.41) is 0. The lowest BCUT2D eigenvalue weighted by molar-refractivity contribution is -0.132. The fourth-order valence-corrected chi connectivity index (χ4v) is 3.43. The molecule has 3 rings (SSSR count). The number of rotatable bonds is 3. The molecule has 0 unspecified atom stereocenters. The van der Waals surface area contributed by atoms with Gasteiger partial charge in [0.05, 0.1) is 11.0 Å². The highest BCUT2D eigenvalue weighted by Crippen LogP contribution is 2.22. The Bertz CT molecular complexity index is 801. The van der Waals surface area contributed by atoms with Crippen molar-refractivity contribution in [2.75, 3.05) is 26.2 Å². The van der Waals surface area contributed by atoms with Gasteiger partial charge in [-0.1, -0.05) is 20.8 Å². The molecule has 0 saturated carbocycles. The minimum Gasteiger partial charge on any atom is -0.339 e. The van der Waals surface area contributed by atoms with Crippen LogP contribution >= 0.6 is 0 Å². The topological polar surface area (TPSA) is 58.4 Å². The average molecular weight is 342 g/mol. The second-order valence-electron chi connectivity index (χ2n) is 6.91. The third-order valence-corrected chi connectivity index (χ3v) is 4.90. The zero-order valence-electron chi connectivity index (χ0n) is 15.5. The van der Waals surface area contributed by atoms with Gasteiger partial charge in [-0.3, -0.25) is 9.59 Å². The van der Waals surface area contributed by atoms with E-state index in [-0.39, 0.29) is 11.8 Å². The molecular weight excluding hydrogens is 316 g/mol. The molecule has 1 aliphatic heterocycles. The Labute approximate surface area is 148 Å². The summed E-state index contributed by atoms with van der Waals surface area (Å²) in [6, 6.07) is 5.73. The van der Waals surface area contributed by atoms with Crippen molar-refractivity contribution < 1.29 is 9.59 Å². The van der Waals surface area contributed by atoms with Crippen molar-refractivity contribution in [3.8, 4) is 0 Å². The van der Waals surface area contributed by atoms with Crippen molar-refractivity contribution in [2.45, 2.75) is 33.1 Å². The molecule has 6 nitrogen and oxygen atoms in total. The molecule has 0 bridgehead atoms. The number of amides is 2. The molecule has 134 valence electrons. The first kappa shape index (κ1) is 17.5. The van der Waals surface area contributed by atoms with Gasteiger partial charge >= 0.3 is 0 Å². The van der Waals surface area contributed by atoms with Crippen molar-refractivity contribution in [2.24, 2.45) is 7.05 Å². The van der Waals surface area contributed by atoms with E-state index in [1.54, 1.807) is 0 Å². The van der Waals surface area contributed by atoms with Gasteiger partial charge in [-0.15, -0.1) is 0 Å². The van der Waals surface area contributed by atoms with Gasteiger partial charge in [-0.05, 0) is 18.2 Å². The summed E-state index contributed by atoms with van der Waals surface area (Å²) in [6.45, 7) is 8.50. The highest BCUT2D eigenvalue weighted by atomic mass is 16.2. The fourth-order valence-electron chi connectivity index (χ4n) is 3.43. The van der Waals surface area contributed by atoms with Crippen LogP contribution in [0.1, 0.15) is 49.3 Å². The summed E-state index contributed by atoms with van der Waals surface area (Å²) in [7, 11) is 2.01. The van der Waals surface area contributed by atoms with Crippen LogP contribution in [0.5, 0.6) is 0 Å². The van der Waals surface area contributed by atoms with Crippen LogP contribution in [0.15, 0.2) is 18.2 Å². The number of imidazole rings is 1. The molecule has 0 aliphatic carbocycles. The van der Waals surface area contributed by atoms with Gasteiger partial charge in [0.25, 0.3) is 5.91 Å². The molecule has 1 fully saturated rings. The highest BCUT2D eigenvalue weighted by Gasteiger charge is 2.24. The number of hydrogen-bond donors (Lipinski definition) is 0. The third-order valence-electron chi connectivity index (χ3n) is 4.90. The standard InChI is InChI=1S/C19H26N4O2/c1-5-17(24)22-8-10-23(11-9-22)19(25)14-6-7-16-15(12-14)20-18(13(2)3)21(16)4/h6-7,12-13H,5,8-11H2,1-4H3. The Kier molecular flexibility index (Phi) is 4.79. The quantitative estimate of drug-likeness (QED) is 0.860. The zero-order chi connectivity index (χ0) is 18.1. The first-order chi connectivity index (χ1) is 11.9. The Hall–Kier alpha value is -2.37. The summed E-state index contributed by atoms with van der Waals surface area (Å²) in [5.41, 5.74) is 2.56. The van der Waals surface area contributed by atoms with Crippen LogP contribution in [0.4, 0.5) is 0 Å². The Balaban J connectivity index is 1.78. The predicted octanol–water partition coefficient (Wildman–Crippen LogP) is 2.39. The smallest absolute Gasteiger partial charge is 0.254 e. The van der Waals surface area contributed by atoms with Crippen LogP contribution in [0.25, 0.3) is 11.0 Å². The summed E-state index contributed by atoms with van der Waals surface area (Å²) in [5.74, 6) is 1.53. The van der Waals surface area contributed by atoms with Crippen LogP contribution in [0.3, 0.4) is 0 Å². The molecule has 1 saturated heterocycles. The van der Waals surface area contributed by atoms with Gasteiger partial charge in [0.2, 0.25) is 5.91 Å². The van der Waals surface area contributed by atoms with Crippen LogP contribution in [0.2, 0.25) is 0 Å². The summed E-state index contributed by atoms with van der Waals surface area (Å²) in [4.78, 5) is 32.9. The molecule has 1 aliphatic rings. The Morgan fingerprint density at radius 1 is 1.12 bits per heavy atom. The molecule has 1 aromatic heterocycles. The number of aryl methyl sites for hydroxylation is 1. The SMILES string of the molecule is CCC(=O)N1CCN(C(=O)c2ccc3c(c2)nc(C(C)C)n3C)CC1. The van der Waals surface area contributed by atoms with Crippen molar-refractivity contribution in [1.82, 2.24) is 19.4 Å². The maximum absolute atomic E-state index is 12.8. The van der Waals surface area contributed by atoms with E-state index >= 15 is 0 Å². The fraction of sp³-hybridized carbons (Fsp3) is 0.526. The highest BCUT2D eigenvalue weighted by molar-refractivity contribution is 5.97. The lowest BCUT2D eigenvalue weighted by Gasteiger charge is -2.34. The van der Waals surface area contributed by atoms with Gasteiger partial charge in [0.1, 0.15) is 5.82 Å². The van der Waals surface area contributed by atoms with Crippen molar-refractivity contribution in [3.05, 3.63) is 29.6 Å². The summed E-state index contributed by atoms with van der Waals surface area (Å²) < 4.78 is 2.09. The average Bonchev–Trinajstić information content (AvgIpc) is 2.97. The van der Waals surface area contributed by atoms with E-state index in [9.17, 15) is 9.59 Å². The molecule has 0 N–H and O–H groups in total. The van der Waals surface area contributed by atoms with Gasteiger partial charge in [-0.25, -0.2) is 4.98 Å². The van der Waals surface area contributed by atoms with Crippen LogP contribution in [0, 0.1) is 0 Å². The van der Waals surface area contributed by atoms with Crippen molar-refractivity contribution in [1.29, 1.82) is 0 Å². The van der Waals surface area contributed by atoms with Crippen LogP contribution in [-0.4, -0.2) is 57.3 Å². The van der Waals surface area contributed by atoms with Gasteiger partial charge in [-0.2, -0.15) is 0 Å². The third kappa shape index (κ3) is 3.25. The molecule has 6 heteroatoms. The number of nitrogens with zero attached hydrogens (tertiary/aromatic N) is 4. The minimum atomic E-state index is 0.0160. The van der Waals surface area contributed by atoms with Crippen LogP contribution in [-0.2, 0) is 11.8 Å². The Morgan fingerprint density at radius 3 is 2.36 bits per heavy atom.